The molecule has 5 heteroatoms. The third-order valence-electron chi connectivity index (χ3n) is 1.59. The first-order valence-corrected chi connectivity index (χ1v) is 3.67. The molecule has 0 fully saturated rings. The van der Waals surface area contributed by atoms with E-state index in [0.717, 1.165) is 0 Å². The summed E-state index contributed by atoms with van der Waals surface area (Å²) in [5, 5.41) is 3.51. The van der Waals surface area contributed by atoms with Crippen LogP contribution in [0.1, 0.15) is 0 Å². The molecule has 2 aromatic rings. The van der Waals surface area contributed by atoms with Gasteiger partial charge in [0.1, 0.15) is 0 Å². The zero-order valence-electron chi connectivity index (χ0n) is 6.65. The molecular weight excluding hydrogens is 170 g/mol. The van der Waals surface area contributed by atoms with Crippen LogP contribution in [0.25, 0.3) is 11.3 Å². The van der Waals surface area contributed by atoms with Crippen LogP contribution in [0.5, 0.6) is 0 Å². The van der Waals surface area contributed by atoms with Crippen LogP contribution >= 0.6 is 0 Å². The maximum absolute atomic E-state index is 10.9. The van der Waals surface area contributed by atoms with E-state index in [0.29, 0.717) is 17.1 Å². The van der Waals surface area contributed by atoms with Crippen molar-refractivity contribution in [1.29, 1.82) is 0 Å². The smallest absolute Gasteiger partial charge is 0.248 e. The molecule has 0 spiro atoms. The van der Waals surface area contributed by atoms with Crippen molar-refractivity contribution in [3.63, 3.8) is 0 Å². The molecule has 0 aliphatic rings. The first-order valence-electron chi connectivity index (χ1n) is 3.67. The number of nitrogen functional groups attached to an aromatic ring is 1. The number of rotatable bonds is 1. The molecule has 3 N–H and O–H groups in total. The predicted octanol–water partition coefficient (Wildman–Crippen LogP) is 0.612. The summed E-state index contributed by atoms with van der Waals surface area (Å²) in [6, 6.07) is 4.69. The van der Waals surface area contributed by atoms with Crippen molar-refractivity contribution >= 4 is 5.82 Å². The summed E-state index contributed by atoms with van der Waals surface area (Å²) in [5.74, 6) is 0.791. The minimum Gasteiger partial charge on any atom is -0.381 e. The van der Waals surface area contributed by atoms with Gasteiger partial charge in [-0.1, -0.05) is 5.16 Å². The Morgan fingerprint density at radius 1 is 1.46 bits per heavy atom. The molecule has 0 bridgehead atoms. The summed E-state index contributed by atoms with van der Waals surface area (Å²) in [4.78, 5) is 13.4. The number of aromatic nitrogens is 2. The molecule has 0 atom stereocenters. The zero-order valence-corrected chi connectivity index (χ0v) is 6.65. The lowest BCUT2D eigenvalue weighted by Crippen LogP contribution is -2.01. The Labute approximate surface area is 73.2 Å². The van der Waals surface area contributed by atoms with Crippen LogP contribution in [0.3, 0.4) is 0 Å². The molecule has 0 amide bonds. The number of nitrogens with one attached hydrogen (secondary N) is 1. The molecule has 13 heavy (non-hydrogen) atoms. The van der Waals surface area contributed by atoms with Gasteiger partial charge in [-0.3, -0.25) is 4.79 Å². The maximum Gasteiger partial charge on any atom is 0.248 e. The Morgan fingerprint density at radius 2 is 2.31 bits per heavy atom. The van der Waals surface area contributed by atoms with Crippen LogP contribution in [-0.2, 0) is 0 Å². The maximum atomic E-state index is 10.9. The fraction of sp³-hybridized carbons (Fsp3) is 0. The minimum atomic E-state index is -0.188. The number of pyridine rings is 1. The SMILES string of the molecule is Nc1cc(-c2cc[nH]c(=O)c2)on1. The molecule has 66 valence electrons. The van der Waals surface area contributed by atoms with Gasteiger partial charge in [-0.25, -0.2) is 0 Å². The Hall–Kier alpha value is -2.04. The summed E-state index contributed by atoms with van der Waals surface area (Å²) in [7, 11) is 0. The molecule has 0 unspecified atom stereocenters. The first-order chi connectivity index (χ1) is 6.25. The van der Waals surface area contributed by atoms with E-state index in [9.17, 15) is 4.79 Å². The van der Waals surface area contributed by atoms with Gasteiger partial charge in [0.2, 0.25) is 5.56 Å². The van der Waals surface area contributed by atoms with Crippen molar-refractivity contribution in [2.75, 3.05) is 5.73 Å². The van der Waals surface area contributed by atoms with Crippen molar-refractivity contribution in [2.45, 2.75) is 0 Å². The number of nitrogens with two attached hydrogens (primary N) is 1. The number of hydrogen-bond acceptors (Lipinski definition) is 4. The topological polar surface area (TPSA) is 84.9 Å². The van der Waals surface area contributed by atoms with Crippen molar-refractivity contribution < 1.29 is 4.52 Å². The minimum absolute atomic E-state index is 0.188. The van der Waals surface area contributed by atoms with Gasteiger partial charge in [-0.2, -0.15) is 0 Å². The highest BCUT2D eigenvalue weighted by Gasteiger charge is 2.03. The predicted molar refractivity (Wildman–Crippen MR) is 47.0 cm³/mol. The molecule has 0 saturated heterocycles. The standard InChI is InChI=1S/C8H7N3O2/c9-7-4-6(13-11-7)5-1-2-10-8(12)3-5/h1-4H,(H2,9,11)(H,10,12). The van der Waals surface area contributed by atoms with Gasteiger partial charge in [-0.05, 0) is 6.07 Å². The van der Waals surface area contributed by atoms with E-state index in [1.165, 1.54) is 12.3 Å². The number of anilines is 1. The van der Waals surface area contributed by atoms with Crippen LogP contribution in [0, 0.1) is 0 Å². The Balaban J connectivity index is 2.52. The van der Waals surface area contributed by atoms with Gasteiger partial charge >= 0.3 is 0 Å². The zero-order chi connectivity index (χ0) is 9.26. The molecule has 2 heterocycles. The fourth-order valence-electron chi connectivity index (χ4n) is 1.02. The quantitative estimate of drug-likeness (QED) is 0.668. The molecule has 0 radical (unpaired) electrons. The van der Waals surface area contributed by atoms with E-state index < -0.39 is 0 Å². The Bertz CT molecular complexity index is 472. The van der Waals surface area contributed by atoms with Gasteiger partial charge in [0.15, 0.2) is 11.6 Å². The summed E-state index contributed by atoms with van der Waals surface area (Å²) < 4.78 is 4.88. The second-order valence-electron chi connectivity index (χ2n) is 2.56. The summed E-state index contributed by atoms with van der Waals surface area (Å²) in [5.41, 5.74) is 5.84. The lowest BCUT2D eigenvalue weighted by molar-refractivity contribution is 0.435. The second kappa shape index (κ2) is 2.78. The highest BCUT2D eigenvalue weighted by atomic mass is 16.5. The molecule has 0 aliphatic carbocycles. The van der Waals surface area contributed by atoms with Crippen LogP contribution in [0.2, 0.25) is 0 Å². The number of nitrogens with zero attached hydrogens (tertiary/aromatic N) is 1. The van der Waals surface area contributed by atoms with Gasteiger partial charge in [0, 0.05) is 23.9 Å². The third-order valence-corrected chi connectivity index (χ3v) is 1.59. The molecular formula is C8H7N3O2. The summed E-state index contributed by atoms with van der Waals surface area (Å²) in [6.45, 7) is 0. The molecule has 0 aromatic carbocycles. The van der Waals surface area contributed by atoms with Crippen molar-refractivity contribution in [3.05, 3.63) is 34.7 Å². The van der Waals surface area contributed by atoms with E-state index in [-0.39, 0.29) is 5.56 Å². The molecule has 2 aromatic heterocycles. The normalized spacial score (nSPS) is 10.2. The average molecular weight is 177 g/mol. The van der Waals surface area contributed by atoms with Crippen LogP contribution < -0.4 is 11.3 Å². The summed E-state index contributed by atoms with van der Waals surface area (Å²) in [6.07, 6.45) is 1.54. The van der Waals surface area contributed by atoms with Crippen LogP contribution in [-0.4, -0.2) is 10.1 Å². The lowest BCUT2D eigenvalue weighted by Gasteiger charge is -1.90. The molecule has 0 saturated carbocycles. The molecule has 2 rings (SSSR count). The highest BCUT2D eigenvalue weighted by Crippen LogP contribution is 2.18. The van der Waals surface area contributed by atoms with Crippen molar-refractivity contribution in [1.82, 2.24) is 10.1 Å². The van der Waals surface area contributed by atoms with E-state index in [2.05, 4.69) is 10.1 Å². The molecule has 0 aliphatic heterocycles. The Morgan fingerprint density at radius 3 is 2.92 bits per heavy atom. The summed E-state index contributed by atoms with van der Waals surface area (Å²) >= 11 is 0. The van der Waals surface area contributed by atoms with E-state index in [1.54, 1.807) is 12.1 Å². The lowest BCUT2D eigenvalue weighted by atomic mass is 10.2. The van der Waals surface area contributed by atoms with Crippen LogP contribution in [0.15, 0.2) is 33.7 Å². The van der Waals surface area contributed by atoms with E-state index in [4.69, 9.17) is 10.3 Å². The average Bonchev–Trinajstić information content (AvgIpc) is 2.52. The van der Waals surface area contributed by atoms with Gasteiger partial charge in [-0.15, -0.1) is 0 Å². The van der Waals surface area contributed by atoms with Gasteiger partial charge < -0.3 is 15.2 Å². The number of aromatic amines is 1. The van der Waals surface area contributed by atoms with Gasteiger partial charge in [0.05, 0.1) is 0 Å². The second-order valence-corrected chi connectivity index (χ2v) is 2.56. The number of hydrogen-bond donors (Lipinski definition) is 2. The highest BCUT2D eigenvalue weighted by molar-refractivity contribution is 5.58. The fourth-order valence-corrected chi connectivity index (χ4v) is 1.02. The number of H-pyrrole nitrogens is 1. The third kappa shape index (κ3) is 1.44. The van der Waals surface area contributed by atoms with Crippen LogP contribution in [0.4, 0.5) is 5.82 Å². The first kappa shape index (κ1) is 7.60. The van der Waals surface area contributed by atoms with E-state index in [1.807, 2.05) is 0 Å². The van der Waals surface area contributed by atoms with Gasteiger partial charge in [0.25, 0.3) is 0 Å². The van der Waals surface area contributed by atoms with Crippen molar-refractivity contribution in [2.24, 2.45) is 0 Å². The van der Waals surface area contributed by atoms with E-state index >= 15 is 0 Å². The monoisotopic (exact) mass is 177 g/mol. The van der Waals surface area contributed by atoms with Crippen molar-refractivity contribution in [3.8, 4) is 11.3 Å². The molecule has 5 nitrogen and oxygen atoms in total. The Kier molecular flexibility index (Phi) is 1.63. The largest absolute Gasteiger partial charge is 0.381 e.